The van der Waals surface area contributed by atoms with Crippen LogP contribution in [0.1, 0.15) is 12.0 Å². The van der Waals surface area contributed by atoms with Crippen molar-refractivity contribution < 1.29 is 23.1 Å². The van der Waals surface area contributed by atoms with Gasteiger partial charge in [0, 0.05) is 47.1 Å². The van der Waals surface area contributed by atoms with Gasteiger partial charge < -0.3 is 28.4 Å². The van der Waals surface area contributed by atoms with Crippen LogP contribution in [0, 0.1) is 0 Å². The van der Waals surface area contributed by atoms with Crippen molar-refractivity contribution in [3.05, 3.63) is 35.9 Å². The largest absolute Gasteiger partial charge is 0.500 e. The molecule has 0 fully saturated rings. The van der Waals surface area contributed by atoms with Crippen LogP contribution in [0.2, 0.25) is 6.04 Å². The average molecular weight is 343 g/mol. The fourth-order valence-corrected chi connectivity index (χ4v) is 3.89. The highest BCUT2D eigenvalue weighted by Gasteiger charge is 2.36. The third-order valence-electron chi connectivity index (χ3n) is 3.57. The Morgan fingerprint density at radius 1 is 1.09 bits per heavy atom. The molecule has 0 saturated carbocycles. The molecule has 1 aromatic rings. The van der Waals surface area contributed by atoms with E-state index in [-0.39, 0.29) is 0 Å². The Kier molecular flexibility index (Phi) is 10.3. The SMILES string of the molecule is CO[Si](CCCOCC(O)CNCc1ccccc1)(OC)OC. The highest BCUT2D eigenvalue weighted by atomic mass is 28.4. The first-order valence-electron chi connectivity index (χ1n) is 7.81. The van der Waals surface area contributed by atoms with E-state index in [9.17, 15) is 5.11 Å². The van der Waals surface area contributed by atoms with Crippen LogP contribution in [0.15, 0.2) is 30.3 Å². The first kappa shape index (κ1) is 20.2. The summed E-state index contributed by atoms with van der Waals surface area (Å²) in [5.41, 5.74) is 1.20. The van der Waals surface area contributed by atoms with Crippen LogP contribution in [0.4, 0.5) is 0 Å². The summed E-state index contributed by atoms with van der Waals surface area (Å²) in [5, 5.41) is 13.1. The van der Waals surface area contributed by atoms with E-state index in [2.05, 4.69) is 5.32 Å². The first-order valence-corrected chi connectivity index (χ1v) is 9.75. The van der Waals surface area contributed by atoms with Gasteiger partial charge in [-0.2, -0.15) is 0 Å². The minimum atomic E-state index is -2.51. The van der Waals surface area contributed by atoms with Crippen LogP contribution >= 0.6 is 0 Å². The third-order valence-corrected chi connectivity index (χ3v) is 6.40. The summed E-state index contributed by atoms with van der Waals surface area (Å²) in [6, 6.07) is 10.8. The first-order chi connectivity index (χ1) is 11.2. The lowest BCUT2D eigenvalue weighted by Gasteiger charge is -2.24. The molecule has 1 atom stereocenters. The molecule has 2 N–H and O–H groups in total. The van der Waals surface area contributed by atoms with E-state index < -0.39 is 14.9 Å². The highest BCUT2D eigenvalue weighted by Crippen LogP contribution is 2.14. The number of hydrogen-bond acceptors (Lipinski definition) is 6. The summed E-state index contributed by atoms with van der Waals surface area (Å²) in [7, 11) is 2.29. The van der Waals surface area contributed by atoms with Gasteiger partial charge in [-0.15, -0.1) is 0 Å². The number of rotatable bonds is 13. The van der Waals surface area contributed by atoms with Crippen LogP contribution in [0.3, 0.4) is 0 Å². The molecule has 0 aliphatic carbocycles. The summed E-state index contributed by atoms with van der Waals surface area (Å²) < 4.78 is 21.5. The van der Waals surface area contributed by atoms with Crippen LogP contribution in [-0.4, -0.2) is 61.1 Å². The van der Waals surface area contributed by atoms with E-state index in [1.54, 1.807) is 21.3 Å². The maximum Gasteiger partial charge on any atom is 0.500 e. The van der Waals surface area contributed by atoms with Gasteiger partial charge in [-0.05, 0) is 12.0 Å². The number of benzene rings is 1. The van der Waals surface area contributed by atoms with E-state index in [1.807, 2.05) is 30.3 Å². The molecule has 0 saturated heterocycles. The zero-order chi connectivity index (χ0) is 17.0. The maximum atomic E-state index is 9.87. The molecule has 0 aliphatic rings. The van der Waals surface area contributed by atoms with E-state index in [1.165, 1.54) is 5.56 Å². The third kappa shape index (κ3) is 8.03. The molecule has 0 bridgehead atoms. The van der Waals surface area contributed by atoms with Crippen LogP contribution in [0.5, 0.6) is 0 Å². The van der Waals surface area contributed by atoms with Crippen LogP contribution in [0.25, 0.3) is 0 Å². The Morgan fingerprint density at radius 3 is 2.35 bits per heavy atom. The Bertz CT molecular complexity index is 394. The monoisotopic (exact) mass is 343 g/mol. The lowest BCUT2D eigenvalue weighted by molar-refractivity contribution is 0.0351. The van der Waals surface area contributed by atoms with E-state index >= 15 is 0 Å². The molecule has 0 aromatic heterocycles. The van der Waals surface area contributed by atoms with E-state index in [0.29, 0.717) is 25.8 Å². The topological polar surface area (TPSA) is 69.2 Å². The van der Waals surface area contributed by atoms with Crippen molar-refractivity contribution in [2.45, 2.75) is 25.1 Å². The minimum absolute atomic E-state index is 0.309. The lowest BCUT2D eigenvalue weighted by atomic mass is 10.2. The zero-order valence-electron chi connectivity index (χ0n) is 14.3. The van der Waals surface area contributed by atoms with Gasteiger partial charge in [0.15, 0.2) is 0 Å². The Labute approximate surface area is 140 Å². The molecule has 0 spiro atoms. The lowest BCUT2D eigenvalue weighted by Crippen LogP contribution is -2.42. The Balaban J connectivity index is 2.06. The van der Waals surface area contributed by atoms with Crippen molar-refractivity contribution in [2.24, 2.45) is 0 Å². The summed E-state index contributed by atoms with van der Waals surface area (Å²) in [6.45, 7) is 2.09. The van der Waals surface area contributed by atoms with Gasteiger partial charge in [0.1, 0.15) is 0 Å². The molecular weight excluding hydrogens is 314 g/mol. The molecule has 1 aromatic carbocycles. The van der Waals surface area contributed by atoms with Crippen molar-refractivity contribution in [3.8, 4) is 0 Å². The summed E-state index contributed by atoms with van der Waals surface area (Å²) in [5.74, 6) is 0. The molecular formula is C16H29NO5Si. The molecule has 1 rings (SSSR count). The van der Waals surface area contributed by atoms with Crippen LogP contribution < -0.4 is 5.32 Å². The van der Waals surface area contributed by atoms with Crippen molar-refractivity contribution in [1.29, 1.82) is 0 Å². The summed E-state index contributed by atoms with van der Waals surface area (Å²) in [4.78, 5) is 0. The van der Waals surface area contributed by atoms with Crippen molar-refractivity contribution in [2.75, 3.05) is 41.1 Å². The number of hydrogen-bond donors (Lipinski definition) is 2. The fraction of sp³-hybridized carbons (Fsp3) is 0.625. The predicted octanol–water partition coefficient (Wildman–Crippen LogP) is 1.42. The normalized spacial score (nSPS) is 13.2. The molecule has 0 heterocycles. The van der Waals surface area contributed by atoms with Crippen molar-refractivity contribution in [3.63, 3.8) is 0 Å². The second-order valence-electron chi connectivity index (χ2n) is 5.24. The van der Waals surface area contributed by atoms with Gasteiger partial charge >= 0.3 is 8.80 Å². The number of nitrogens with one attached hydrogen (secondary N) is 1. The van der Waals surface area contributed by atoms with E-state index in [0.717, 1.165) is 13.0 Å². The second-order valence-corrected chi connectivity index (χ2v) is 8.33. The van der Waals surface area contributed by atoms with Crippen molar-refractivity contribution in [1.82, 2.24) is 5.32 Å². The van der Waals surface area contributed by atoms with E-state index in [4.69, 9.17) is 18.0 Å². The van der Waals surface area contributed by atoms with Gasteiger partial charge in [0.25, 0.3) is 0 Å². The predicted molar refractivity (Wildman–Crippen MR) is 91.2 cm³/mol. The standard InChI is InChI=1S/C16H29NO5Si/c1-19-23(20-2,21-3)11-7-10-22-14-16(18)13-17-12-15-8-5-4-6-9-15/h4-6,8-9,16-18H,7,10-14H2,1-3H3. The smallest absolute Gasteiger partial charge is 0.389 e. The van der Waals surface area contributed by atoms with Crippen molar-refractivity contribution >= 4 is 8.80 Å². The average Bonchev–Trinajstić information content (AvgIpc) is 2.59. The maximum absolute atomic E-state index is 9.87. The molecule has 6 nitrogen and oxygen atoms in total. The van der Waals surface area contributed by atoms with Gasteiger partial charge in [-0.25, -0.2) is 0 Å². The van der Waals surface area contributed by atoms with Gasteiger partial charge in [0.2, 0.25) is 0 Å². The summed E-state index contributed by atoms with van der Waals surface area (Å²) >= 11 is 0. The molecule has 1 unspecified atom stereocenters. The minimum Gasteiger partial charge on any atom is -0.389 e. The molecule has 0 radical (unpaired) electrons. The molecule has 0 amide bonds. The zero-order valence-corrected chi connectivity index (χ0v) is 15.3. The molecule has 132 valence electrons. The number of aliphatic hydroxyl groups is 1. The van der Waals surface area contributed by atoms with Gasteiger partial charge in [-0.1, -0.05) is 30.3 Å². The molecule has 23 heavy (non-hydrogen) atoms. The second kappa shape index (κ2) is 11.7. The highest BCUT2D eigenvalue weighted by molar-refractivity contribution is 6.60. The molecule has 7 heteroatoms. The quantitative estimate of drug-likeness (QED) is 0.417. The van der Waals surface area contributed by atoms with Crippen LogP contribution in [-0.2, 0) is 24.6 Å². The Morgan fingerprint density at radius 2 is 1.74 bits per heavy atom. The van der Waals surface area contributed by atoms with Gasteiger partial charge in [0.05, 0.1) is 12.7 Å². The summed E-state index contributed by atoms with van der Waals surface area (Å²) in [6.07, 6.45) is 0.249. The fourth-order valence-electron chi connectivity index (χ4n) is 2.20. The number of ether oxygens (including phenoxy) is 1. The molecule has 0 aliphatic heterocycles. The van der Waals surface area contributed by atoms with Gasteiger partial charge in [-0.3, -0.25) is 0 Å². The number of aliphatic hydroxyl groups excluding tert-OH is 1. The Hall–Kier alpha value is -0.803.